The van der Waals surface area contributed by atoms with Gasteiger partial charge in [-0.3, -0.25) is 4.68 Å². The fourth-order valence-electron chi connectivity index (χ4n) is 2.38. The maximum Gasteiger partial charge on any atom is 0.0884 e. The second-order valence-corrected chi connectivity index (χ2v) is 5.54. The topological polar surface area (TPSA) is 50.8 Å². The van der Waals surface area contributed by atoms with Crippen LogP contribution in [0.15, 0.2) is 4.47 Å². The first kappa shape index (κ1) is 13.6. The highest BCUT2D eigenvalue weighted by molar-refractivity contribution is 9.10. The van der Waals surface area contributed by atoms with E-state index in [0.29, 0.717) is 19.6 Å². The fraction of sp³-hybridized carbons (Fsp3) is 0.692. The molecule has 0 saturated carbocycles. The van der Waals surface area contributed by atoms with E-state index < -0.39 is 0 Å². The summed E-state index contributed by atoms with van der Waals surface area (Å²) in [5.74, 6) is 0. The molecule has 1 aromatic heterocycles. The molecule has 0 spiro atoms. The zero-order chi connectivity index (χ0) is 13.2. The van der Waals surface area contributed by atoms with Crippen LogP contribution in [-0.2, 0) is 24.1 Å². The van der Waals surface area contributed by atoms with Crippen molar-refractivity contribution in [3.05, 3.63) is 15.9 Å². The molecule has 1 fully saturated rings. The maximum absolute atomic E-state index is 9.42. The monoisotopic (exact) mass is 311 g/mol. The van der Waals surface area contributed by atoms with Crippen molar-refractivity contribution in [1.82, 2.24) is 9.78 Å². The molecular weight excluding hydrogens is 294 g/mol. The number of hydrogen-bond acceptors (Lipinski definition) is 3. The van der Waals surface area contributed by atoms with Gasteiger partial charge in [0.25, 0.3) is 0 Å². The summed E-state index contributed by atoms with van der Waals surface area (Å²) >= 11 is 3.63. The molecule has 0 bridgehead atoms. The zero-order valence-electron chi connectivity index (χ0n) is 10.9. The SMILES string of the molecule is CCc1nn(CC)c(CC2(C#N)CCOC2)c1Br. The lowest BCUT2D eigenvalue weighted by Gasteiger charge is -2.19. The van der Waals surface area contributed by atoms with Crippen LogP contribution < -0.4 is 0 Å². The Labute approximate surface area is 116 Å². The van der Waals surface area contributed by atoms with E-state index in [1.807, 2.05) is 4.68 Å². The highest BCUT2D eigenvalue weighted by Crippen LogP contribution is 2.35. The first-order valence-electron chi connectivity index (χ1n) is 6.39. The second-order valence-electron chi connectivity index (χ2n) is 4.75. The van der Waals surface area contributed by atoms with Gasteiger partial charge in [0.1, 0.15) is 0 Å². The summed E-state index contributed by atoms with van der Waals surface area (Å²) in [4.78, 5) is 0. The molecule has 5 heteroatoms. The minimum Gasteiger partial charge on any atom is -0.380 e. The van der Waals surface area contributed by atoms with Crippen molar-refractivity contribution in [2.45, 2.75) is 39.7 Å². The van der Waals surface area contributed by atoms with Gasteiger partial charge in [-0.2, -0.15) is 10.4 Å². The van der Waals surface area contributed by atoms with Crippen molar-refractivity contribution < 1.29 is 4.74 Å². The van der Waals surface area contributed by atoms with E-state index in [-0.39, 0.29) is 5.41 Å². The summed E-state index contributed by atoms with van der Waals surface area (Å²) in [6, 6.07) is 2.44. The van der Waals surface area contributed by atoms with Gasteiger partial charge in [-0.05, 0) is 35.7 Å². The summed E-state index contributed by atoms with van der Waals surface area (Å²) < 4.78 is 8.47. The molecule has 2 rings (SSSR count). The Bertz CT molecular complexity index is 469. The number of aromatic nitrogens is 2. The normalized spacial score (nSPS) is 23.2. The predicted octanol–water partition coefficient (Wildman–Crippen LogP) is 2.70. The second kappa shape index (κ2) is 5.41. The molecule has 18 heavy (non-hydrogen) atoms. The number of rotatable bonds is 4. The summed E-state index contributed by atoms with van der Waals surface area (Å²) in [6.45, 7) is 6.22. The lowest BCUT2D eigenvalue weighted by molar-refractivity contribution is 0.171. The average molecular weight is 312 g/mol. The first-order chi connectivity index (χ1) is 8.65. The molecule has 1 atom stereocenters. The van der Waals surface area contributed by atoms with Crippen molar-refractivity contribution in [2.24, 2.45) is 5.41 Å². The van der Waals surface area contributed by atoms with Crippen LogP contribution in [0.3, 0.4) is 0 Å². The van der Waals surface area contributed by atoms with Crippen molar-refractivity contribution in [2.75, 3.05) is 13.2 Å². The summed E-state index contributed by atoms with van der Waals surface area (Å²) in [5, 5.41) is 14.0. The van der Waals surface area contributed by atoms with E-state index in [1.165, 1.54) is 0 Å². The van der Waals surface area contributed by atoms with Crippen LogP contribution in [0.5, 0.6) is 0 Å². The van der Waals surface area contributed by atoms with Gasteiger partial charge in [-0.25, -0.2) is 0 Å². The lowest BCUT2D eigenvalue weighted by atomic mass is 9.84. The number of halogens is 1. The number of nitrogens with zero attached hydrogens (tertiary/aromatic N) is 3. The Balaban J connectivity index is 2.33. The van der Waals surface area contributed by atoms with Crippen molar-refractivity contribution >= 4 is 15.9 Å². The number of hydrogen-bond donors (Lipinski definition) is 0. The van der Waals surface area contributed by atoms with Crippen LogP contribution in [0, 0.1) is 16.7 Å². The molecule has 1 aliphatic rings. The van der Waals surface area contributed by atoms with E-state index in [4.69, 9.17) is 4.74 Å². The maximum atomic E-state index is 9.42. The third kappa shape index (κ3) is 2.32. The third-order valence-electron chi connectivity index (χ3n) is 3.54. The molecule has 0 amide bonds. The molecule has 1 saturated heterocycles. The van der Waals surface area contributed by atoms with E-state index in [9.17, 15) is 5.26 Å². The van der Waals surface area contributed by atoms with Crippen LogP contribution in [0.2, 0.25) is 0 Å². The summed E-state index contributed by atoms with van der Waals surface area (Å²) in [6.07, 6.45) is 2.42. The lowest BCUT2D eigenvalue weighted by Crippen LogP contribution is -2.23. The summed E-state index contributed by atoms with van der Waals surface area (Å²) in [5.41, 5.74) is 1.82. The zero-order valence-corrected chi connectivity index (χ0v) is 12.5. The molecule has 4 nitrogen and oxygen atoms in total. The Morgan fingerprint density at radius 3 is 2.83 bits per heavy atom. The average Bonchev–Trinajstić information content (AvgIpc) is 2.97. The van der Waals surface area contributed by atoms with Crippen LogP contribution in [0.4, 0.5) is 0 Å². The minimum absolute atomic E-state index is 0.375. The quantitative estimate of drug-likeness (QED) is 0.859. The molecule has 1 aliphatic heterocycles. The fourth-order valence-corrected chi connectivity index (χ4v) is 3.09. The van der Waals surface area contributed by atoms with Crippen LogP contribution in [0.25, 0.3) is 0 Å². The van der Waals surface area contributed by atoms with Gasteiger partial charge in [0.2, 0.25) is 0 Å². The van der Waals surface area contributed by atoms with Gasteiger partial charge in [0.05, 0.1) is 34.0 Å². The van der Waals surface area contributed by atoms with Gasteiger partial charge < -0.3 is 4.74 Å². The van der Waals surface area contributed by atoms with Crippen molar-refractivity contribution in [3.63, 3.8) is 0 Å². The number of aryl methyl sites for hydroxylation is 2. The first-order valence-corrected chi connectivity index (χ1v) is 7.18. The van der Waals surface area contributed by atoms with Gasteiger partial charge in [-0.1, -0.05) is 6.92 Å². The molecule has 1 unspecified atom stereocenters. The van der Waals surface area contributed by atoms with Crippen LogP contribution >= 0.6 is 15.9 Å². The molecule has 0 N–H and O–H groups in total. The Kier molecular flexibility index (Phi) is 4.08. The molecular formula is C13H18BrN3O. The minimum atomic E-state index is -0.375. The molecule has 0 radical (unpaired) electrons. The molecule has 0 aliphatic carbocycles. The van der Waals surface area contributed by atoms with E-state index in [2.05, 4.69) is 40.9 Å². The third-order valence-corrected chi connectivity index (χ3v) is 4.46. The van der Waals surface area contributed by atoms with Crippen LogP contribution in [0.1, 0.15) is 31.7 Å². The molecule has 2 heterocycles. The van der Waals surface area contributed by atoms with E-state index >= 15 is 0 Å². The summed E-state index contributed by atoms with van der Waals surface area (Å²) in [7, 11) is 0. The van der Waals surface area contributed by atoms with Gasteiger partial charge in [0, 0.05) is 19.6 Å². The van der Waals surface area contributed by atoms with Gasteiger partial charge in [-0.15, -0.1) is 0 Å². The smallest absolute Gasteiger partial charge is 0.0884 e. The van der Waals surface area contributed by atoms with Gasteiger partial charge in [0.15, 0.2) is 0 Å². The van der Waals surface area contributed by atoms with Crippen LogP contribution in [-0.4, -0.2) is 23.0 Å². The molecule has 98 valence electrons. The number of nitriles is 1. The Morgan fingerprint density at radius 2 is 2.33 bits per heavy atom. The van der Waals surface area contributed by atoms with Crippen molar-refractivity contribution in [1.29, 1.82) is 5.26 Å². The Morgan fingerprint density at radius 1 is 1.56 bits per heavy atom. The van der Waals surface area contributed by atoms with E-state index in [1.54, 1.807) is 0 Å². The Hall–Kier alpha value is -0.860. The number of ether oxygens (including phenoxy) is 1. The molecule has 0 aromatic carbocycles. The van der Waals surface area contributed by atoms with Crippen molar-refractivity contribution in [3.8, 4) is 6.07 Å². The standard InChI is InChI=1S/C13H18BrN3O/c1-3-10-12(14)11(17(4-2)16-10)7-13(8-15)5-6-18-9-13/h3-7,9H2,1-2H3. The van der Waals surface area contributed by atoms with E-state index in [0.717, 1.165) is 35.2 Å². The largest absolute Gasteiger partial charge is 0.380 e. The van der Waals surface area contributed by atoms with Gasteiger partial charge >= 0.3 is 0 Å². The highest BCUT2D eigenvalue weighted by Gasteiger charge is 2.37. The molecule has 1 aromatic rings. The highest BCUT2D eigenvalue weighted by atomic mass is 79.9. The predicted molar refractivity (Wildman–Crippen MR) is 72.2 cm³/mol.